The zero-order chi connectivity index (χ0) is 45.0. The number of esters is 2. The first kappa shape index (κ1) is 59.0. The first-order chi connectivity index (χ1) is 29.5. The van der Waals surface area contributed by atoms with Crippen LogP contribution in [0.2, 0.25) is 0 Å². The van der Waals surface area contributed by atoms with Crippen LogP contribution in [-0.4, -0.2) is 74.9 Å². The standard InChI is InChI=1S/C51H94NO8P/c1-6-8-10-12-14-16-18-20-21-22-23-24-25-26-27-28-29-30-31-32-34-36-38-40-42-44-51(54)60-49(48-59-61(55,56)58-46-45-52(3,4)5)47-57-50(53)43-41-39-37-35-33-19-17-15-13-11-9-7-2/h15,17-18,20,22-23,25-26,49H,6-14,16,19,21,24,27-48H2,1-5H3/p+1/b17-15-,20-18-,23-22-,26-25-. The molecule has 0 aromatic carbocycles. The monoisotopic (exact) mass is 881 g/mol. The minimum atomic E-state index is -4.38. The molecule has 61 heavy (non-hydrogen) atoms. The van der Waals surface area contributed by atoms with Gasteiger partial charge in [0.05, 0.1) is 27.7 Å². The molecule has 0 fully saturated rings. The quantitative estimate of drug-likeness (QED) is 0.0212. The Hall–Kier alpha value is -2.03. The Bertz CT molecular complexity index is 1180. The molecule has 0 heterocycles. The van der Waals surface area contributed by atoms with Gasteiger partial charge in [0.25, 0.3) is 0 Å². The maximum absolute atomic E-state index is 12.7. The van der Waals surface area contributed by atoms with Crippen molar-refractivity contribution in [3.05, 3.63) is 48.6 Å². The summed E-state index contributed by atoms with van der Waals surface area (Å²) in [5.41, 5.74) is 0. The van der Waals surface area contributed by atoms with Crippen LogP contribution in [-0.2, 0) is 32.7 Å². The highest BCUT2D eigenvalue weighted by Gasteiger charge is 2.27. The number of nitrogens with zero attached hydrogens (tertiary/aromatic N) is 1. The third-order valence-electron chi connectivity index (χ3n) is 10.6. The normalized spacial score (nSPS) is 13.9. The summed E-state index contributed by atoms with van der Waals surface area (Å²) < 4.78 is 34.4. The van der Waals surface area contributed by atoms with E-state index in [4.69, 9.17) is 18.5 Å². The third-order valence-corrected chi connectivity index (χ3v) is 11.6. The Morgan fingerprint density at radius 3 is 1.36 bits per heavy atom. The lowest BCUT2D eigenvalue weighted by Gasteiger charge is -2.24. The van der Waals surface area contributed by atoms with Gasteiger partial charge < -0.3 is 18.9 Å². The van der Waals surface area contributed by atoms with Gasteiger partial charge in [-0.3, -0.25) is 18.6 Å². The number of allylic oxidation sites excluding steroid dienone is 8. The fraction of sp³-hybridized carbons (Fsp3) is 0.804. The smallest absolute Gasteiger partial charge is 0.462 e. The lowest BCUT2D eigenvalue weighted by Crippen LogP contribution is -2.37. The first-order valence-corrected chi connectivity index (χ1v) is 26.4. The van der Waals surface area contributed by atoms with Crippen molar-refractivity contribution < 1.29 is 42.1 Å². The van der Waals surface area contributed by atoms with Crippen molar-refractivity contribution in [3.8, 4) is 0 Å². The number of hydrogen-bond donors (Lipinski definition) is 1. The summed E-state index contributed by atoms with van der Waals surface area (Å²) in [6, 6.07) is 0. The number of likely N-dealkylation sites (N-methyl/N-ethyl adjacent to an activating group) is 1. The number of rotatable bonds is 45. The molecule has 0 saturated carbocycles. The molecule has 0 bridgehead atoms. The summed E-state index contributed by atoms with van der Waals surface area (Å²) >= 11 is 0. The van der Waals surface area contributed by atoms with Gasteiger partial charge in [-0.25, -0.2) is 4.57 Å². The van der Waals surface area contributed by atoms with E-state index in [0.717, 1.165) is 70.6 Å². The summed E-state index contributed by atoms with van der Waals surface area (Å²) in [5.74, 6) is -0.812. The Labute approximate surface area is 375 Å². The number of unbranched alkanes of at least 4 members (excludes halogenated alkanes) is 23. The van der Waals surface area contributed by atoms with Gasteiger partial charge in [0.1, 0.15) is 19.8 Å². The lowest BCUT2D eigenvalue weighted by atomic mass is 10.0. The summed E-state index contributed by atoms with van der Waals surface area (Å²) in [6.45, 7) is 4.38. The van der Waals surface area contributed by atoms with E-state index < -0.39 is 26.5 Å². The van der Waals surface area contributed by atoms with Crippen molar-refractivity contribution in [2.45, 2.75) is 219 Å². The molecule has 2 unspecified atom stereocenters. The fourth-order valence-electron chi connectivity index (χ4n) is 6.66. The number of carbonyl (C=O) groups excluding carboxylic acids is 2. The predicted molar refractivity (Wildman–Crippen MR) is 257 cm³/mol. The molecule has 0 aliphatic rings. The molecule has 356 valence electrons. The second-order valence-corrected chi connectivity index (χ2v) is 19.3. The van der Waals surface area contributed by atoms with Crippen LogP contribution in [0.1, 0.15) is 213 Å². The van der Waals surface area contributed by atoms with Crippen LogP contribution in [0.4, 0.5) is 0 Å². The van der Waals surface area contributed by atoms with Crippen LogP contribution < -0.4 is 0 Å². The van der Waals surface area contributed by atoms with Crippen molar-refractivity contribution in [1.82, 2.24) is 0 Å². The third kappa shape index (κ3) is 47.3. The van der Waals surface area contributed by atoms with E-state index in [2.05, 4.69) is 62.5 Å². The highest BCUT2D eigenvalue weighted by molar-refractivity contribution is 7.47. The summed E-state index contributed by atoms with van der Waals surface area (Å²) in [7, 11) is 1.47. The van der Waals surface area contributed by atoms with Gasteiger partial charge in [-0.1, -0.05) is 172 Å². The molecule has 1 N–H and O–H groups in total. The zero-order valence-electron chi connectivity index (χ0n) is 40.1. The molecule has 10 heteroatoms. The van der Waals surface area contributed by atoms with E-state index in [9.17, 15) is 19.0 Å². The zero-order valence-corrected chi connectivity index (χ0v) is 41.0. The minimum Gasteiger partial charge on any atom is -0.462 e. The van der Waals surface area contributed by atoms with Gasteiger partial charge >= 0.3 is 19.8 Å². The summed E-state index contributed by atoms with van der Waals surface area (Å²) in [6.07, 6.45) is 51.6. The van der Waals surface area contributed by atoms with Gasteiger partial charge in [0.2, 0.25) is 0 Å². The molecule has 0 saturated heterocycles. The van der Waals surface area contributed by atoms with Crippen molar-refractivity contribution in [1.29, 1.82) is 0 Å². The van der Waals surface area contributed by atoms with Gasteiger partial charge in [0.15, 0.2) is 6.10 Å². The molecule has 0 aromatic rings. The number of ether oxygens (including phenoxy) is 2. The van der Waals surface area contributed by atoms with Gasteiger partial charge in [-0.15, -0.1) is 0 Å². The molecule has 9 nitrogen and oxygen atoms in total. The molecule has 0 aromatic heterocycles. The predicted octanol–water partition coefficient (Wildman–Crippen LogP) is 14.6. The maximum Gasteiger partial charge on any atom is 0.472 e. The summed E-state index contributed by atoms with van der Waals surface area (Å²) in [5, 5.41) is 0. The van der Waals surface area contributed by atoms with Crippen LogP contribution in [0, 0.1) is 0 Å². The Morgan fingerprint density at radius 2 is 0.885 bits per heavy atom. The number of hydrogen-bond acceptors (Lipinski definition) is 7. The number of phosphoric ester groups is 1. The number of quaternary nitrogens is 1. The highest BCUT2D eigenvalue weighted by Crippen LogP contribution is 2.43. The molecular formula is C51H95NO8P+. The molecule has 0 amide bonds. The van der Waals surface area contributed by atoms with Crippen LogP contribution in [0.15, 0.2) is 48.6 Å². The van der Waals surface area contributed by atoms with Crippen LogP contribution in [0.5, 0.6) is 0 Å². The van der Waals surface area contributed by atoms with E-state index >= 15 is 0 Å². The Kier molecular flexibility index (Phi) is 41.8. The minimum absolute atomic E-state index is 0.0286. The van der Waals surface area contributed by atoms with Gasteiger partial charge in [-0.05, 0) is 77.0 Å². The van der Waals surface area contributed by atoms with Crippen molar-refractivity contribution in [3.63, 3.8) is 0 Å². The van der Waals surface area contributed by atoms with Gasteiger partial charge in [-0.2, -0.15) is 0 Å². The van der Waals surface area contributed by atoms with Crippen molar-refractivity contribution >= 4 is 19.8 Å². The van der Waals surface area contributed by atoms with E-state index in [-0.39, 0.29) is 32.0 Å². The van der Waals surface area contributed by atoms with E-state index in [0.29, 0.717) is 17.4 Å². The molecule has 0 radical (unpaired) electrons. The Morgan fingerprint density at radius 1 is 0.508 bits per heavy atom. The van der Waals surface area contributed by atoms with Crippen LogP contribution >= 0.6 is 7.82 Å². The largest absolute Gasteiger partial charge is 0.472 e. The highest BCUT2D eigenvalue weighted by atomic mass is 31.2. The van der Waals surface area contributed by atoms with E-state index in [1.165, 1.54) is 109 Å². The topological polar surface area (TPSA) is 108 Å². The second kappa shape index (κ2) is 43.2. The van der Waals surface area contributed by atoms with Crippen molar-refractivity contribution in [2.75, 3.05) is 47.5 Å². The maximum atomic E-state index is 12.7. The van der Waals surface area contributed by atoms with E-state index in [1.54, 1.807) is 0 Å². The molecule has 0 rings (SSSR count). The molecular weight excluding hydrogens is 786 g/mol. The number of phosphoric acid groups is 1. The number of carbonyl (C=O) groups is 2. The average molecular weight is 881 g/mol. The molecule has 0 spiro atoms. The second-order valence-electron chi connectivity index (χ2n) is 17.8. The van der Waals surface area contributed by atoms with Crippen molar-refractivity contribution in [2.24, 2.45) is 0 Å². The SMILES string of the molecule is CCCCC/C=C\CCCCCCCC(=O)OCC(COP(=O)(O)OCC[N+](C)(C)C)OC(=O)CCCCCCCCCCCC/C=C\C/C=C\C/C=C\CCCCCCC. The van der Waals surface area contributed by atoms with Crippen LogP contribution in [0.3, 0.4) is 0 Å². The summed E-state index contributed by atoms with van der Waals surface area (Å²) in [4.78, 5) is 35.4. The molecule has 0 aliphatic heterocycles. The first-order valence-electron chi connectivity index (χ1n) is 24.9. The fourth-order valence-corrected chi connectivity index (χ4v) is 7.40. The van der Waals surface area contributed by atoms with Gasteiger partial charge in [0, 0.05) is 12.8 Å². The van der Waals surface area contributed by atoms with Crippen LogP contribution in [0.25, 0.3) is 0 Å². The van der Waals surface area contributed by atoms with E-state index in [1.807, 2.05) is 21.1 Å². The lowest BCUT2D eigenvalue weighted by molar-refractivity contribution is -0.870. The molecule has 0 aliphatic carbocycles. The molecule has 2 atom stereocenters. The Balaban J connectivity index is 4.22. The average Bonchev–Trinajstić information content (AvgIpc) is 3.21.